The first-order valence-corrected chi connectivity index (χ1v) is 7.21. The SMILES string of the molecule is CC(C1CC1)N(C)C(=O)c1cc(C#CCCO)ccc1F. The minimum absolute atomic E-state index is 0.0123. The molecule has 112 valence electrons. The number of nitrogens with zero attached hydrogens (tertiary/aromatic N) is 1. The van der Waals surface area contributed by atoms with Crippen molar-refractivity contribution in [2.24, 2.45) is 5.92 Å². The fourth-order valence-corrected chi connectivity index (χ4v) is 2.26. The van der Waals surface area contributed by atoms with Crippen molar-refractivity contribution in [3.8, 4) is 11.8 Å². The van der Waals surface area contributed by atoms with Crippen molar-refractivity contribution in [1.29, 1.82) is 0 Å². The Morgan fingerprint density at radius 2 is 2.24 bits per heavy atom. The summed E-state index contributed by atoms with van der Waals surface area (Å²) in [6, 6.07) is 4.42. The Hall–Kier alpha value is -1.86. The number of carbonyl (C=O) groups excluding carboxylic acids is 1. The van der Waals surface area contributed by atoms with Crippen molar-refractivity contribution in [2.75, 3.05) is 13.7 Å². The van der Waals surface area contributed by atoms with E-state index >= 15 is 0 Å². The maximum atomic E-state index is 13.9. The van der Waals surface area contributed by atoms with Gasteiger partial charge < -0.3 is 10.0 Å². The fraction of sp³-hybridized carbons (Fsp3) is 0.471. The molecular formula is C17H20FNO2. The van der Waals surface area contributed by atoms with E-state index in [1.54, 1.807) is 18.0 Å². The van der Waals surface area contributed by atoms with E-state index in [-0.39, 0.29) is 24.1 Å². The predicted molar refractivity (Wildman–Crippen MR) is 79.3 cm³/mol. The predicted octanol–water partition coefficient (Wildman–Crippen LogP) is 2.43. The molecule has 0 radical (unpaired) electrons. The summed E-state index contributed by atoms with van der Waals surface area (Å²) in [5.74, 6) is 5.30. The monoisotopic (exact) mass is 289 g/mol. The zero-order valence-corrected chi connectivity index (χ0v) is 12.4. The third-order valence-corrected chi connectivity index (χ3v) is 3.90. The van der Waals surface area contributed by atoms with E-state index in [0.717, 1.165) is 12.8 Å². The zero-order valence-electron chi connectivity index (χ0n) is 12.4. The van der Waals surface area contributed by atoms with Gasteiger partial charge in [0.2, 0.25) is 0 Å². The molecule has 0 aliphatic heterocycles. The van der Waals surface area contributed by atoms with Crippen LogP contribution in [0, 0.1) is 23.6 Å². The van der Waals surface area contributed by atoms with E-state index in [1.807, 2.05) is 6.92 Å². The summed E-state index contributed by atoms with van der Waals surface area (Å²) in [6.07, 6.45) is 2.63. The summed E-state index contributed by atoms with van der Waals surface area (Å²) >= 11 is 0. The van der Waals surface area contributed by atoms with Crippen LogP contribution in [0.2, 0.25) is 0 Å². The smallest absolute Gasteiger partial charge is 0.256 e. The summed E-state index contributed by atoms with van der Waals surface area (Å²) in [6.45, 7) is 1.99. The molecule has 1 saturated carbocycles. The molecule has 1 unspecified atom stereocenters. The Morgan fingerprint density at radius 1 is 1.52 bits per heavy atom. The molecule has 1 aliphatic rings. The van der Waals surface area contributed by atoms with Gasteiger partial charge in [-0.15, -0.1) is 0 Å². The second-order valence-electron chi connectivity index (χ2n) is 5.46. The van der Waals surface area contributed by atoms with Gasteiger partial charge >= 0.3 is 0 Å². The summed E-state index contributed by atoms with van der Waals surface area (Å²) in [5, 5.41) is 8.70. The molecule has 0 aromatic heterocycles. The average Bonchev–Trinajstić information content (AvgIpc) is 3.31. The normalized spacial score (nSPS) is 15.0. The number of aliphatic hydroxyl groups is 1. The van der Waals surface area contributed by atoms with Crippen molar-refractivity contribution in [3.63, 3.8) is 0 Å². The maximum Gasteiger partial charge on any atom is 0.256 e. The van der Waals surface area contributed by atoms with Crippen molar-refractivity contribution in [3.05, 3.63) is 35.1 Å². The van der Waals surface area contributed by atoms with Gasteiger partial charge in [0, 0.05) is 25.1 Å². The lowest BCUT2D eigenvalue weighted by atomic mass is 10.1. The van der Waals surface area contributed by atoms with E-state index < -0.39 is 5.82 Å². The van der Waals surface area contributed by atoms with Crippen LogP contribution < -0.4 is 0 Å². The standard InChI is InChI=1S/C17H20FNO2/c1-12(14-7-8-14)19(2)17(21)15-11-13(5-3-4-10-20)6-9-16(15)18/h6,9,11-12,14,20H,4,7-8,10H2,1-2H3. The van der Waals surface area contributed by atoms with E-state index in [1.165, 1.54) is 12.1 Å². The maximum absolute atomic E-state index is 13.9. The summed E-state index contributed by atoms with van der Waals surface area (Å²) in [4.78, 5) is 14.0. The van der Waals surface area contributed by atoms with Gasteiger partial charge in [-0.1, -0.05) is 11.8 Å². The van der Waals surface area contributed by atoms with Gasteiger partial charge in [-0.25, -0.2) is 4.39 Å². The highest BCUT2D eigenvalue weighted by Gasteiger charge is 2.33. The van der Waals surface area contributed by atoms with Crippen LogP contribution in [-0.4, -0.2) is 35.6 Å². The molecule has 1 N–H and O–H groups in total. The number of aliphatic hydroxyl groups excluding tert-OH is 1. The van der Waals surface area contributed by atoms with Crippen molar-refractivity contribution >= 4 is 5.91 Å². The van der Waals surface area contributed by atoms with E-state index in [9.17, 15) is 9.18 Å². The van der Waals surface area contributed by atoms with E-state index in [0.29, 0.717) is 17.9 Å². The minimum atomic E-state index is -0.525. The molecule has 1 aromatic carbocycles. The van der Waals surface area contributed by atoms with Gasteiger partial charge in [0.05, 0.1) is 12.2 Å². The lowest BCUT2D eigenvalue weighted by Gasteiger charge is -2.25. The highest BCUT2D eigenvalue weighted by Crippen LogP contribution is 2.35. The van der Waals surface area contributed by atoms with Crippen LogP contribution in [0.1, 0.15) is 42.1 Å². The van der Waals surface area contributed by atoms with Crippen LogP contribution in [0.4, 0.5) is 4.39 Å². The second-order valence-corrected chi connectivity index (χ2v) is 5.46. The molecule has 21 heavy (non-hydrogen) atoms. The lowest BCUT2D eigenvalue weighted by Crippen LogP contribution is -2.36. The van der Waals surface area contributed by atoms with E-state index in [2.05, 4.69) is 11.8 Å². The Kier molecular flexibility index (Phi) is 4.98. The molecule has 0 heterocycles. The molecular weight excluding hydrogens is 269 g/mol. The first-order chi connectivity index (χ1) is 10.0. The molecule has 3 nitrogen and oxygen atoms in total. The highest BCUT2D eigenvalue weighted by atomic mass is 19.1. The molecule has 1 aliphatic carbocycles. The number of carbonyl (C=O) groups is 1. The van der Waals surface area contributed by atoms with Gasteiger partial charge in [-0.3, -0.25) is 4.79 Å². The van der Waals surface area contributed by atoms with Crippen LogP contribution >= 0.6 is 0 Å². The van der Waals surface area contributed by atoms with Crippen LogP contribution in [0.5, 0.6) is 0 Å². The van der Waals surface area contributed by atoms with Gasteiger partial charge in [-0.2, -0.15) is 0 Å². The van der Waals surface area contributed by atoms with Gasteiger partial charge in [-0.05, 0) is 43.9 Å². The molecule has 1 fully saturated rings. The third-order valence-electron chi connectivity index (χ3n) is 3.90. The Bertz CT molecular complexity index is 584. The van der Waals surface area contributed by atoms with Crippen LogP contribution in [0.3, 0.4) is 0 Å². The molecule has 4 heteroatoms. The topological polar surface area (TPSA) is 40.5 Å². The van der Waals surface area contributed by atoms with Crippen LogP contribution in [0.25, 0.3) is 0 Å². The molecule has 1 atom stereocenters. The Morgan fingerprint density at radius 3 is 2.86 bits per heavy atom. The number of benzene rings is 1. The quantitative estimate of drug-likeness (QED) is 0.865. The van der Waals surface area contributed by atoms with Gasteiger partial charge in [0.1, 0.15) is 5.82 Å². The number of hydrogen-bond donors (Lipinski definition) is 1. The number of hydrogen-bond acceptors (Lipinski definition) is 2. The van der Waals surface area contributed by atoms with Crippen LogP contribution in [0.15, 0.2) is 18.2 Å². The second kappa shape index (κ2) is 6.73. The Balaban J connectivity index is 2.19. The fourth-order valence-electron chi connectivity index (χ4n) is 2.26. The third kappa shape index (κ3) is 3.83. The molecule has 2 rings (SSSR count). The van der Waals surface area contributed by atoms with Crippen molar-refractivity contribution < 1.29 is 14.3 Å². The number of halogens is 1. The average molecular weight is 289 g/mol. The van der Waals surface area contributed by atoms with E-state index in [4.69, 9.17) is 5.11 Å². The van der Waals surface area contributed by atoms with Crippen LogP contribution in [-0.2, 0) is 0 Å². The van der Waals surface area contributed by atoms with Gasteiger partial charge in [0.15, 0.2) is 0 Å². The molecule has 1 aromatic rings. The summed E-state index contributed by atoms with van der Waals surface area (Å²) in [7, 11) is 1.72. The Labute approximate surface area is 124 Å². The zero-order chi connectivity index (χ0) is 15.4. The minimum Gasteiger partial charge on any atom is -0.395 e. The largest absolute Gasteiger partial charge is 0.395 e. The number of rotatable bonds is 4. The van der Waals surface area contributed by atoms with Gasteiger partial charge in [0.25, 0.3) is 5.91 Å². The molecule has 1 amide bonds. The highest BCUT2D eigenvalue weighted by molar-refractivity contribution is 5.95. The van der Waals surface area contributed by atoms with Crippen molar-refractivity contribution in [1.82, 2.24) is 4.90 Å². The first-order valence-electron chi connectivity index (χ1n) is 7.21. The molecule has 0 spiro atoms. The van der Waals surface area contributed by atoms with Crippen molar-refractivity contribution in [2.45, 2.75) is 32.2 Å². The number of amides is 1. The molecule has 0 bridgehead atoms. The first kappa shape index (κ1) is 15.5. The lowest BCUT2D eigenvalue weighted by molar-refractivity contribution is 0.0722. The molecule has 0 saturated heterocycles. The summed E-state index contributed by atoms with van der Waals surface area (Å²) in [5.41, 5.74) is 0.640. The summed E-state index contributed by atoms with van der Waals surface area (Å²) < 4.78 is 13.9.